The summed E-state index contributed by atoms with van der Waals surface area (Å²) in [6.45, 7) is 0. The van der Waals surface area contributed by atoms with Gasteiger partial charge in [0.15, 0.2) is 0 Å². The third kappa shape index (κ3) is 3.12. The van der Waals surface area contributed by atoms with Crippen LogP contribution in [0.2, 0.25) is 0 Å². The van der Waals surface area contributed by atoms with Crippen molar-refractivity contribution in [1.82, 2.24) is 19.4 Å². The normalized spacial score (nSPS) is 13.1. The molecule has 0 unspecified atom stereocenters. The Morgan fingerprint density at radius 1 is 0.622 bits per heavy atom. The van der Waals surface area contributed by atoms with E-state index in [9.17, 15) is 9.59 Å². The summed E-state index contributed by atoms with van der Waals surface area (Å²) in [5.41, 5.74) is 7.47. The van der Waals surface area contributed by atoms with Crippen molar-refractivity contribution in [3.8, 4) is 27.9 Å². The Bertz CT molecular complexity index is 1780. The summed E-state index contributed by atoms with van der Waals surface area (Å²) in [4.78, 5) is 35.8. The Morgan fingerprint density at radius 2 is 1.22 bits per heavy atom. The summed E-state index contributed by atoms with van der Waals surface area (Å²) >= 11 is 0. The monoisotopic (exact) mass is 480 g/mol. The van der Waals surface area contributed by atoms with E-state index in [-0.39, 0.29) is 11.8 Å². The van der Waals surface area contributed by atoms with Gasteiger partial charge >= 0.3 is 0 Å². The number of nitrogens with zero attached hydrogens (tertiary/aromatic N) is 4. The Morgan fingerprint density at radius 3 is 1.76 bits per heavy atom. The molecule has 37 heavy (non-hydrogen) atoms. The van der Waals surface area contributed by atoms with Gasteiger partial charge in [-0.2, -0.15) is 0 Å². The molecule has 176 valence electrons. The lowest BCUT2D eigenvalue weighted by Crippen LogP contribution is -2.24. The highest BCUT2D eigenvalue weighted by Gasteiger charge is 2.35. The number of fused-ring (bicyclic) bond motifs is 4. The molecule has 0 N–H and O–H groups in total. The summed E-state index contributed by atoms with van der Waals surface area (Å²) < 4.78 is 2.10. The van der Waals surface area contributed by atoms with E-state index in [2.05, 4.69) is 50.9 Å². The second-order valence-corrected chi connectivity index (χ2v) is 9.15. The summed E-state index contributed by atoms with van der Waals surface area (Å²) in [7, 11) is 1.53. The maximum atomic E-state index is 13.2. The third-order valence-electron chi connectivity index (χ3n) is 7.09. The Hall–Kier alpha value is -5.10. The number of carbonyl (C=O) groups is 2. The number of amides is 2. The van der Waals surface area contributed by atoms with Crippen LogP contribution >= 0.6 is 0 Å². The fourth-order valence-electron chi connectivity index (χ4n) is 5.27. The molecule has 1 aliphatic heterocycles. The number of rotatable bonds is 3. The highest BCUT2D eigenvalue weighted by atomic mass is 16.2. The van der Waals surface area contributed by atoms with Gasteiger partial charge in [-0.05, 0) is 47.5 Å². The molecule has 0 saturated carbocycles. The van der Waals surface area contributed by atoms with Crippen molar-refractivity contribution >= 4 is 33.6 Å². The molecular weight excluding hydrogens is 460 g/mol. The van der Waals surface area contributed by atoms with E-state index in [0.29, 0.717) is 16.8 Å². The molecule has 0 fully saturated rings. The smallest absolute Gasteiger partial charge is 0.263 e. The maximum absolute atomic E-state index is 13.2. The van der Waals surface area contributed by atoms with E-state index < -0.39 is 0 Å². The number of aromatic nitrogens is 3. The molecule has 0 atom stereocenters. The van der Waals surface area contributed by atoms with Crippen molar-refractivity contribution in [2.24, 2.45) is 0 Å². The minimum atomic E-state index is -0.294. The molecule has 0 radical (unpaired) electrons. The van der Waals surface area contributed by atoms with Crippen molar-refractivity contribution in [2.75, 3.05) is 7.05 Å². The molecule has 6 heteroatoms. The van der Waals surface area contributed by atoms with E-state index in [1.54, 1.807) is 18.5 Å². The molecule has 1 aliphatic rings. The molecule has 0 spiro atoms. The van der Waals surface area contributed by atoms with Crippen LogP contribution in [0.1, 0.15) is 20.7 Å². The minimum absolute atomic E-state index is 0.283. The van der Waals surface area contributed by atoms with Crippen molar-refractivity contribution in [2.45, 2.75) is 0 Å². The fraction of sp³-hybridized carbons (Fsp3) is 0.0323. The molecule has 0 saturated heterocycles. The molecule has 6 aromatic rings. The molecule has 0 aliphatic carbocycles. The molecule has 4 heterocycles. The van der Waals surface area contributed by atoms with Crippen molar-refractivity contribution < 1.29 is 9.59 Å². The standard InChI is InChI=1S/C31H20N4O2/c1-34-30(36)25-7-2-8-26(29(25)31(34)37)35-27-15-19(21-5-3-13-32-17-21)9-11-23(27)24-12-10-20(16-28(24)35)22-6-4-14-33-18-22/h2-18H,1H3. The van der Waals surface area contributed by atoms with Gasteiger partial charge in [-0.3, -0.25) is 24.5 Å². The van der Waals surface area contributed by atoms with E-state index >= 15 is 0 Å². The lowest BCUT2D eigenvalue weighted by Gasteiger charge is -2.13. The number of carbonyl (C=O) groups excluding carboxylic acids is 2. The average Bonchev–Trinajstić information content (AvgIpc) is 3.40. The van der Waals surface area contributed by atoms with Crippen LogP contribution in [-0.2, 0) is 0 Å². The lowest BCUT2D eigenvalue weighted by atomic mass is 10.0. The minimum Gasteiger partial charge on any atom is -0.308 e. The Balaban J connectivity index is 1.59. The third-order valence-corrected chi connectivity index (χ3v) is 7.09. The zero-order valence-corrected chi connectivity index (χ0v) is 19.9. The first kappa shape index (κ1) is 21.2. The molecule has 3 aromatic carbocycles. The number of hydrogen-bond acceptors (Lipinski definition) is 4. The first-order valence-electron chi connectivity index (χ1n) is 12.0. The van der Waals surface area contributed by atoms with E-state index in [0.717, 1.165) is 44.1 Å². The lowest BCUT2D eigenvalue weighted by molar-refractivity contribution is 0.0693. The van der Waals surface area contributed by atoms with Gasteiger partial charge in [0.2, 0.25) is 0 Å². The molecule has 3 aromatic heterocycles. The van der Waals surface area contributed by atoms with Crippen molar-refractivity contribution in [3.63, 3.8) is 0 Å². The predicted octanol–water partition coefficient (Wildman–Crippen LogP) is 6.13. The van der Waals surface area contributed by atoms with Gasteiger partial charge < -0.3 is 4.57 Å². The van der Waals surface area contributed by atoms with Gasteiger partial charge in [0.25, 0.3) is 11.8 Å². The zero-order valence-electron chi connectivity index (χ0n) is 19.9. The zero-order chi connectivity index (χ0) is 25.1. The first-order valence-corrected chi connectivity index (χ1v) is 12.0. The van der Waals surface area contributed by atoms with Gasteiger partial charge in [-0.15, -0.1) is 0 Å². The fourth-order valence-corrected chi connectivity index (χ4v) is 5.27. The van der Waals surface area contributed by atoms with Crippen LogP contribution in [0.25, 0.3) is 49.7 Å². The molecular formula is C31H20N4O2. The van der Waals surface area contributed by atoms with Crippen LogP contribution in [0.4, 0.5) is 0 Å². The number of hydrogen-bond donors (Lipinski definition) is 0. The number of benzene rings is 3. The van der Waals surface area contributed by atoms with Crippen LogP contribution in [0.15, 0.2) is 104 Å². The van der Waals surface area contributed by atoms with Crippen molar-refractivity contribution in [3.05, 3.63) is 115 Å². The average molecular weight is 481 g/mol. The van der Waals surface area contributed by atoms with Gasteiger partial charge in [-0.25, -0.2) is 0 Å². The molecule has 2 amide bonds. The first-order chi connectivity index (χ1) is 18.1. The largest absolute Gasteiger partial charge is 0.308 e. The van der Waals surface area contributed by atoms with Gasteiger partial charge in [0.1, 0.15) is 0 Å². The highest BCUT2D eigenvalue weighted by molar-refractivity contribution is 6.23. The summed E-state index contributed by atoms with van der Waals surface area (Å²) in [5, 5.41) is 2.12. The topological polar surface area (TPSA) is 68.1 Å². The predicted molar refractivity (Wildman–Crippen MR) is 144 cm³/mol. The van der Waals surface area contributed by atoms with Crippen LogP contribution in [-0.4, -0.2) is 38.3 Å². The second kappa shape index (κ2) is 7.96. The molecule has 6 nitrogen and oxygen atoms in total. The molecule has 7 rings (SSSR count). The molecule has 0 bridgehead atoms. The summed E-state index contributed by atoms with van der Waals surface area (Å²) in [6.07, 6.45) is 7.19. The van der Waals surface area contributed by atoms with Crippen LogP contribution in [0.5, 0.6) is 0 Å². The van der Waals surface area contributed by atoms with E-state index in [4.69, 9.17) is 0 Å². The van der Waals surface area contributed by atoms with Crippen LogP contribution < -0.4 is 0 Å². The van der Waals surface area contributed by atoms with Crippen LogP contribution in [0, 0.1) is 0 Å². The van der Waals surface area contributed by atoms with Crippen LogP contribution in [0.3, 0.4) is 0 Å². The van der Waals surface area contributed by atoms with Gasteiger partial charge in [0.05, 0.1) is 27.8 Å². The second-order valence-electron chi connectivity index (χ2n) is 9.15. The van der Waals surface area contributed by atoms with Gasteiger partial charge in [-0.1, -0.05) is 42.5 Å². The van der Waals surface area contributed by atoms with Gasteiger partial charge in [0, 0.05) is 53.7 Å². The van der Waals surface area contributed by atoms with E-state index in [1.165, 1.54) is 11.9 Å². The van der Waals surface area contributed by atoms with Crippen molar-refractivity contribution in [1.29, 1.82) is 0 Å². The number of imide groups is 1. The Kier molecular flexibility index (Phi) is 4.56. The van der Waals surface area contributed by atoms with E-state index in [1.807, 2.05) is 48.8 Å². The Labute approximate surface area is 212 Å². The SMILES string of the molecule is CN1C(=O)c2cccc(-n3c4cc(-c5cccnc5)ccc4c4ccc(-c5cccnc5)cc43)c2C1=O. The highest BCUT2D eigenvalue weighted by Crippen LogP contribution is 2.39. The summed E-state index contributed by atoms with van der Waals surface area (Å²) in [5.74, 6) is -0.577. The quantitative estimate of drug-likeness (QED) is 0.286. The number of pyridine rings is 2. The maximum Gasteiger partial charge on any atom is 0.263 e. The summed E-state index contributed by atoms with van der Waals surface area (Å²) in [6, 6.07) is 26.0.